The first-order valence-electron chi connectivity index (χ1n) is 7.35. The summed E-state index contributed by atoms with van der Waals surface area (Å²) in [4.78, 5) is 25.1. The molecule has 1 amide bonds. The highest BCUT2D eigenvalue weighted by molar-refractivity contribution is 7.99. The number of hydrogen-bond donors (Lipinski definition) is 2. The molecule has 0 unspecified atom stereocenters. The van der Waals surface area contributed by atoms with E-state index in [1.54, 1.807) is 19.9 Å². The van der Waals surface area contributed by atoms with Gasteiger partial charge in [0.15, 0.2) is 0 Å². The van der Waals surface area contributed by atoms with Crippen molar-refractivity contribution in [1.29, 1.82) is 0 Å². The van der Waals surface area contributed by atoms with Crippen LogP contribution in [0.1, 0.15) is 34.9 Å². The van der Waals surface area contributed by atoms with Crippen molar-refractivity contribution in [1.82, 2.24) is 14.9 Å². The van der Waals surface area contributed by atoms with E-state index < -0.39 is 5.97 Å². The van der Waals surface area contributed by atoms with E-state index in [0.717, 1.165) is 11.3 Å². The highest BCUT2D eigenvalue weighted by Crippen LogP contribution is 2.29. The molecule has 0 aliphatic carbocycles. The van der Waals surface area contributed by atoms with E-state index in [4.69, 9.17) is 10.6 Å². The van der Waals surface area contributed by atoms with E-state index in [0.29, 0.717) is 21.5 Å². The Morgan fingerprint density at radius 2 is 2.17 bits per heavy atom. The van der Waals surface area contributed by atoms with Crippen molar-refractivity contribution in [3.63, 3.8) is 0 Å². The summed E-state index contributed by atoms with van der Waals surface area (Å²) in [5.41, 5.74) is 0.384. The highest BCUT2D eigenvalue weighted by Gasteiger charge is 2.19. The van der Waals surface area contributed by atoms with Crippen LogP contribution in [0.4, 0.5) is 5.00 Å². The van der Waals surface area contributed by atoms with Crippen LogP contribution in [-0.4, -0.2) is 39.1 Å². The monoisotopic (exact) mass is 369 g/mol. The minimum atomic E-state index is -0.436. The Balaban J connectivity index is 2.04. The molecule has 0 aromatic carbocycles. The zero-order valence-electron chi connectivity index (χ0n) is 13.7. The third-order valence-electron chi connectivity index (χ3n) is 3.05. The van der Waals surface area contributed by atoms with E-state index in [1.807, 2.05) is 6.92 Å². The first-order chi connectivity index (χ1) is 11.5. The lowest BCUT2D eigenvalue weighted by Gasteiger charge is -2.06. The molecule has 0 spiro atoms. The Labute approximate surface area is 147 Å². The molecule has 0 saturated heterocycles. The summed E-state index contributed by atoms with van der Waals surface area (Å²) >= 11 is 2.54. The van der Waals surface area contributed by atoms with Crippen LogP contribution in [0.25, 0.3) is 0 Å². The maximum absolute atomic E-state index is 12.2. The van der Waals surface area contributed by atoms with Gasteiger partial charge in [-0.25, -0.2) is 9.47 Å². The number of ether oxygens (including phenoxy) is 1. The number of carbonyl (C=O) groups is 2. The molecule has 2 aromatic rings. The van der Waals surface area contributed by atoms with Gasteiger partial charge in [0.2, 0.25) is 11.1 Å². The molecule has 0 fully saturated rings. The molecular formula is C14H19N5O3S2. The number of thioether (sulfide) groups is 1. The Hall–Kier alpha value is -2.07. The van der Waals surface area contributed by atoms with Gasteiger partial charge in [-0.15, -0.1) is 21.5 Å². The second-order valence-corrected chi connectivity index (χ2v) is 6.85. The standard InChI is InChI=1S/C14H19N5O3S2/c1-4-9-6-10(13(21)22-5-2)12(24-9)16-11(20)7-23-14-18-17-8(3)19(14)15/h6H,4-5,7,15H2,1-3H3,(H,16,20). The van der Waals surface area contributed by atoms with Gasteiger partial charge in [-0.2, -0.15) is 0 Å². The van der Waals surface area contributed by atoms with Crippen LogP contribution in [0.5, 0.6) is 0 Å². The second-order valence-electron chi connectivity index (χ2n) is 4.77. The topological polar surface area (TPSA) is 112 Å². The number of nitrogens with one attached hydrogen (secondary N) is 1. The number of thiophene rings is 1. The van der Waals surface area contributed by atoms with Gasteiger partial charge in [0.05, 0.1) is 17.9 Å². The number of nitrogens with two attached hydrogens (primary N) is 1. The Morgan fingerprint density at radius 1 is 1.42 bits per heavy atom. The van der Waals surface area contributed by atoms with Gasteiger partial charge in [0, 0.05) is 4.88 Å². The first-order valence-corrected chi connectivity index (χ1v) is 9.16. The molecule has 0 aliphatic heterocycles. The smallest absolute Gasteiger partial charge is 0.341 e. The number of esters is 1. The fourth-order valence-corrected chi connectivity index (χ4v) is 3.51. The van der Waals surface area contributed by atoms with E-state index in [2.05, 4.69) is 15.5 Å². The molecule has 2 heterocycles. The zero-order valence-corrected chi connectivity index (χ0v) is 15.3. The van der Waals surface area contributed by atoms with Crippen LogP contribution in [0.2, 0.25) is 0 Å². The van der Waals surface area contributed by atoms with Crippen molar-refractivity contribution in [2.75, 3.05) is 23.5 Å². The number of nitrogen functional groups attached to an aromatic ring is 1. The lowest BCUT2D eigenvalue weighted by atomic mass is 10.2. The number of rotatable bonds is 7. The molecule has 0 atom stereocenters. The number of nitrogens with zero attached hydrogens (tertiary/aromatic N) is 3. The molecular weight excluding hydrogens is 350 g/mol. The predicted molar refractivity (Wildman–Crippen MR) is 93.9 cm³/mol. The van der Waals surface area contributed by atoms with Crippen molar-refractivity contribution >= 4 is 40.0 Å². The Bertz CT molecular complexity index is 741. The molecule has 3 N–H and O–H groups in total. The SMILES string of the molecule is CCOC(=O)c1cc(CC)sc1NC(=O)CSc1nnc(C)n1N. The van der Waals surface area contributed by atoms with Gasteiger partial charge in [-0.3, -0.25) is 4.79 Å². The van der Waals surface area contributed by atoms with Crippen LogP contribution in [0.15, 0.2) is 11.2 Å². The van der Waals surface area contributed by atoms with Crippen molar-refractivity contribution in [3.8, 4) is 0 Å². The third kappa shape index (κ3) is 4.26. The molecule has 2 aromatic heterocycles. The van der Waals surface area contributed by atoms with Crippen molar-refractivity contribution < 1.29 is 14.3 Å². The summed E-state index contributed by atoms with van der Waals surface area (Å²) in [6.45, 7) is 5.73. The first kappa shape index (κ1) is 18.3. The molecule has 0 saturated carbocycles. The van der Waals surface area contributed by atoms with Crippen molar-refractivity contribution in [3.05, 3.63) is 22.3 Å². The van der Waals surface area contributed by atoms with E-state index in [-0.39, 0.29) is 18.3 Å². The van der Waals surface area contributed by atoms with Crippen LogP contribution < -0.4 is 11.2 Å². The lowest BCUT2D eigenvalue weighted by Crippen LogP contribution is -2.17. The maximum Gasteiger partial charge on any atom is 0.341 e. The van der Waals surface area contributed by atoms with Gasteiger partial charge in [0.1, 0.15) is 10.8 Å². The fraction of sp³-hybridized carbons (Fsp3) is 0.429. The van der Waals surface area contributed by atoms with Gasteiger partial charge in [-0.05, 0) is 26.3 Å². The molecule has 0 radical (unpaired) electrons. The van der Waals surface area contributed by atoms with Gasteiger partial charge in [0.25, 0.3) is 0 Å². The summed E-state index contributed by atoms with van der Waals surface area (Å²) in [5, 5.41) is 11.4. The summed E-state index contributed by atoms with van der Waals surface area (Å²) in [5.74, 6) is 5.72. The summed E-state index contributed by atoms with van der Waals surface area (Å²) < 4.78 is 6.35. The molecule has 8 nitrogen and oxygen atoms in total. The minimum absolute atomic E-state index is 0.108. The molecule has 24 heavy (non-hydrogen) atoms. The normalized spacial score (nSPS) is 10.6. The van der Waals surface area contributed by atoms with Crippen LogP contribution >= 0.6 is 23.1 Å². The number of aromatic nitrogens is 3. The number of aryl methyl sites for hydroxylation is 2. The number of carbonyl (C=O) groups excluding carboxylic acids is 2. The Morgan fingerprint density at radius 3 is 2.75 bits per heavy atom. The van der Waals surface area contributed by atoms with Crippen LogP contribution in [0.3, 0.4) is 0 Å². The van der Waals surface area contributed by atoms with Gasteiger partial charge < -0.3 is 15.9 Å². The highest BCUT2D eigenvalue weighted by atomic mass is 32.2. The van der Waals surface area contributed by atoms with Gasteiger partial charge >= 0.3 is 5.97 Å². The molecule has 2 rings (SSSR count). The van der Waals surface area contributed by atoms with Crippen molar-refractivity contribution in [2.45, 2.75) is 32.3 Å². The summed E-state index contributed by atoms with van der Waals surface area (Å²) in [6, 6.07) is 1.76. The average Bonchev–Trinajstić information content (AvgIpc) is 3.10. The van der Waals surface area contributed by atoms with Gasteiger partial charge in [-0.1, -0.05) is 18.7 Å². The minimum Gasteiger partial charge on any atom is -0.462 e. The van der Waals surface area contributed by atoms with E-state index in [9.17, 15) is 9.59 Å². The predicted octanol–water partition coefficient (Wildman–Crippen LogP) is 1.83. The number of hydrogen-bond acceptors (Lipinski definition) is 8. The van der Waals surface area contributed by atoms with Crippen LogP contribution in [-0.2, 0) is 16.0 Å². The second kappa shape index (κ2) is 8.15. The Kier molecular flexibility index (Phi) is 6.21. The molecule has 0 bridgehead atoms. The summed E-state index contributed by atoms with van der Waals surface area (Å²) in [7, 11) is 0. The van der Waals surface area contributed by atoms with E-state index in [1.165, 1.54) is 27.8 Å². The maximum atomic E-state index is 12.2. The van der Waals surface area contributed by atoms with E-state index >= 15 is 0 Å². The largest absolute Gasteiger partial charge is 0.462 e. The summed E-state index contributed by atoms with van der Waals surface area (Å²) in [6.07, 6.45) is 0.775. The zero-order chi connectivity index (χ0) is 17.7. The van der Waals surface area contributed by atoms with Crippen LogP contribution in [0, 0.1) is 6.92 Å². The number of amides is 1. The average molecular weight is 369 g/mol. The fourth-order valence-electron chi connectivity index (χ4n) is 1.81. The lowest BCUT2D eigenvalue weighted by molar-refractivity contribution is -0.113. The number of anilines is 1. The quantitative estimate of drug-likeness (QED) is 0.435. The molecule has 10 heteroatoms. The van der Waals surface area contributed by atoms with Crippen molar-refractivity contribution in [2.24, 2.45) is 0 Å². The molecule has 130 valence electrons. The third-order valence-corrected chi connectivity index (χ3v) is 5.19. The molecule has 0 aliphatic rings.